The highest BCUT2D eigenvalue weighted by atomic mass is 35.5. The van der Waals surface area contributed by atoms with Gasteiger partial charge in [0.1, 0.15) is 10.8 Å². The molecule has 0 saturated heterocycles. The average molecular weight is 563 g/mol. The van der Waals surface area contributed by atoms with Gasteiger partial charge in [-0.2, -0.15) is 0 Å². The van der Waals surface area contributed by atoms with E-state index in [4.69, 9.17) is 21.1 Å². The zero-order valence-corrected chi connectivity index (χ0v) is 23.6. The van der Waals surface area contributed by atoms with Crippen LogP contribution in [-0.4, -0.2) is 39.5 Å². The second-order valence-electron chi connectivity index (χ2n) is 8.75. The van der Waals surface area contributed by atoms with E-state index in [1.54, 1.807) is 12.1 Å². The van der Waals surface area contributed by atoms with Crippen molar-refractivity contribution in [3.05, 3.63) is 51.1 Å². The van der Waals surface area contributed by atoms with Crippen molar-refractivity contribution in [1.29, 1.82) is 0 Å². The molecule has 0 spiro atoms. The Hall–Kier alpha value is -2.56. The Morgan fingerprint density at radius 3 is 2.73 bits per heavy atom. The van der Waals surface area contributed by atoms with Crippen LogP contribution in [0.3, 0.4) is 0 Å². The minimum Gasteiger partial charge on any atom is -0.483 e. The van der Waals surface area contributed by atoms with Crippen LogP contribution in [0, 0.1) is 0 Å². The number of rotatable bonds is 9. The van der Waals surface area contributed by atoms with Gasteiger partial charge in [-0.1, -0.05) is 42.3 Å². The minimum atomic E-state index is -0.398. The van der Waals surface area contributed by atoms with E-state index in [0.29, 0.717) is 38.9 Å². The van der Waals surface area contributed by atoms with Crippen LogP contribution >= 0.6 is 34.7 Å². The zero-order chi connectivity index (χ0) is 26.4. The second kappa shape index (κ2) is 12.8. The Bertz CT molecular complexity index is 1260. The van der Waals surface area contributed by atoms with Gasteiger partial charge in [-0.3, -0.25) is 4.79 Å². The van der Waals surface area contributed by atoms with Crippen LogP contribution in [0.2, 0.25) is 5.02 Å². The molecule has 1 aromatic carbocycles. The van der Waals surface area contributed by atoms with E-state index in [2.05, 4.69) is 15.5 Å². The summed E-state index contributed by atoms with van der Waals surface area (Å²) < 4.78 is 13.0. The molecule has 0 bridgehead atoms. The summed E-state index contributed by atoms with van der Waals surface area (Å²) in [5, 5.41) is 13.4. The van der Waals surface area contributed by atoms with Crippen LogP contribution in [0.1, 0.15) is 72.3 Å². The second-order valence-corrected chi connectivity index (χ2v) is 11.2. The number of thiophene rings is 1. The number of carbonyl (C=O) groups excluding carboxylic acids is 2. The zero-order valence-electron chi connectivity index (χ0n) is 21.2. The highest BCUT2D eigenvalue weighted by molar-refractivity contribution is 7.99. The van der Waals surface area contributed by atoms with Crippen LogP contribution in [0.15, 0.2) is 29.4 Å². The molecule has 0 aliphatic heterocycles. The molecule has 1 unspecified atom stereocenters. The van der Waals surface area contributed by atoms with E-state index in [9.17, 15) is 9.59 Å². The maximum atomic E-state index is 12.9. The molecule has 2 aromatic heterocycles. The monoisotopic (exact) mass is 562 g/mol. The molecule has 1 atom stereocenters. The Morgan fingerprint density at radius 2 is 2.00 bits per heavy atom. The maximum absolute atomic E-state index is 12.9. The molecule has 2 heterocycles. The van der Waals surface area contributed by atoms with Crippen molar-refractivity contribution < 1.29 is 19.1 Å². The molecule has 1 N–H and O–H groups in total. The number of benzene rings is 1. The van der Waals surface area contributed by atoms with Gasteiger partial charge in [0.05, 0.1) is 18.4 Å². The molecule has 11 heteroatoms. The number of hydrogen-bond donors (Lipinski definition) is 1. The summed E-state index contributed by atoms with van der Waals surface area (Å²) in [7, 11) is 1.38. The van der Waals surface area contributed by atoms with Gasteiger partial charge in [-0.25, -0.2) is 4.79 Å². The molecule has 1 aliphatic rings. The SMILES string of the molecule is CCn1c(SCC(=O)Nc2sc3c(c2C(=O)OC)CCCCCC3)nnc1C(C)Oc1cccc(Cl)c1. The fourth-order valence-electron chi connectivity index (χ4n) is 4.42. The van der Waals surface area contributed by atoms with Crippen molar-refractivity contribution in [2.75, 3.05) is 18.2 Å². The summed E-state index contributed by atoms with van der Waals surface area (Å²) in [4.78, 5) is 26.7. The number of nitrogens with one attached hydrogen (secondary N) is 1. The highest BCUT2D eigenvalue weighted by Crippen LogP contribution is 2.37. The van der Waals surface area contributed by atoms with Crippen LogP contribution in [0.25, 0.3) is 0 Å². The number of aromatic nitrogens is 3. The van der Waals surface area contributed by atoms with Crippen LogP contribution in [0.5, 0.6) is 5.75 Å². The molecule has 4 rings (SSSR count). The normalized spacial score (nSPS) is 14.3. The number of hydrogen-bond acceptors (Lipinski definition) is 8. The number of ether oxygens (including phenoxy) is 2. The molecular weight excluding hydrogens is 532 g/mol. The van der Waals surface area contributed by atoms with Gasteiger partial charge in [-0.05, 0) is 63.3 Å². The number of fused-ring (bicyclic) bond motifs is 1. The predicted octanol–water partition coefficient (Wildman–Crippen LogP) is 6.33. The molecule has 8 nitrogen and oxygen atoms in total. The molecule has 0 fully saturated rings. The summed E-state index contributed by atoms with van der Waals surface area (Å²) >= 11 is 8.86. The molecule has 3 aromatic rings. The van der Waals surface area contributed by atoms with Crippen LogP contribution in [-0.2, 0) is 28.9 Å². The van der Waals surface area contributed by atoms with Gasteiger partial charge in [0.15, 0.2) is 17.1 Å². The molecule has 198 valence electrons. The predicted molar refractivity (Wildman–Crippen MR) is 147 cm³/mol. The van der Waals surface area contributed by atoms with Crippen molar-refractivity contribution in [2.45, 2.75) is 70.2 Å². The van der Waals surface area contributed by atoms with Gasteiger partial charge in [0.25, 0.3) is 0 Å². The summed E-state index contributed by atoms with van der Waals surface area (Å²) in [6.45, 7) is 4.52. The number of halogens is 1. The third kappa shape index (κ3) is 6.66. The molecule has 37 heavy (non-hydrogen) atoms. The maximum Gasteiger partial charge on any atom is 0.341 e. The lowest BCUT2D eigenvalue weighted by Gasteiger charge is -2.15. The first kappa shape index (κ1) is 27.5. The number of amides is 1. The summed E-state index contributed by atoms with van der Waals surface area (Å²) in [6, 6.07) is 7.20. The molecule has 1 aliphatic carbocycles. The first-order chi connectivity index (χ1) is 17.9. The van der Waals surface area contributed by atoms with Crippen LogP contribution in [0.4, 0.5) is 5.00 Å². The Labute approximate surface area is 230 Å². The standard InChI is InChI=1S/C26H31ClN4O4S2/c1-4-31-23(16(2)35-18-11-9-10-17(27)14-18)29-30-26(31)36-15-21(32)28-24-22(25(33)34-3)19-12-7-5-6-8-13-20(19)37-24/h9-11,14,16H,4-8,12-13,15H2,1-3H3,(H,28,32). The van der Waals surface area contributed by atoms with Crippen molar-refractivity contribution in [3.63, 3.8) is 0 Å². The van der Waals surface area contributed by atoms with Gasteiger partial charge < -0.3 is 19.4 Å². The third-order valence-corrected chi connectivity index (χ3v) is 8.59. The number of thioether (sulfide) groups is 1. The summed E-state index contributed by atoms with van der Waals surface area (Å²) in [6.07, 6.45) is 5.85. The fraction of sp³-hybridized carbons (Fsp3) is 0.462. The average Bonchev–Trinajstić information content (AvgIpc) is 3.42. The Balaban J connectivity index is 1.44. The number of carbonyl (C=O) groups is 2. The van der Waals surface area contributed by atoms with E-state index in [-0.39, 0.29) is 17.8 Å². The Kier molecular flexibility index (Phi) is 9.50. The molecular formula is C26H31ClN4O4S2. The largest absolute Gasteiger partial charge is 0.483 e. The van der Waals surface area contributed by atoms with Crippen molar-refractivity contribution in [1.82, 2.24) is 14.8 Å². The quantitative estimate of drug-likeness (QED) is 0.240. The minimum absolute atomic E-state index is 0.130. The van der Waals surface area contributed by atoms with Crippen molar-refractivity contribution >= 4 is 51.6 Å². The number of esters is 1. The molecule has 0 saturated carbocycles. The Morgan fingerprint density at radius 1 is 1.22 bits per heavy atom. The molecule has 0 radical (unpaired) electrons. The molecule has 1 amide bonds. The van der Waals surface area contributed by atoms with E-state index in [1.807, 2.05) is 30.5 Å². The van der Waals surface area contributed by atoms with Gasteiger partial charge in [0.2, 0.25) is 5.91 Å². The van der Waals surface area contributed by atoms with E-state index in [1.165, 1.54) is 41.5 Å². The first-order valence-electron chi connectivity index (χ1n) is 12.4. The highest BCUT2D eigenvalue weighted by Gasteiger charge is 2.26. The summed E-state index contributed by atoms with van der Waals surface area (Å²) in [5.74, 6) is 0.831. The van der Waals surface area contributed by atoms with Gasteiger partial charge in [0, 0.05) is 16.4 Å². The fourth-order valence-corrected chi connectivity index (χ4v) is 6.70. The number of anilines is 1. The summed E-state index contributed by atoms with van der Waals surface area (Å²) in [5.41, 5.74) is 1.54. The van der Waals surface area contributed by atoms with Crippen molar-refractivity contribution in [2.24, 2.45) is 0 Å². The lowest BCUT2D eigenvalue weighted by Crippen LogP contribution is -2.17. The van der Waals surface area contributed by atoms with E-state index >= 15 is 0 Å². The lowest BCUT2D eigenvalue weighted by atomic mass is 9.96. The van der Waals surface area contributed by atoms with E-state index < -0.39 is 5.97 Å². The number of nitrogens with zero attached hydrogens (tertiary/aromatic N) is 3. The number of methoxy groups -OCH3 is 1. The third-order valence-electron chi connectivity index (χ3n) is 6.18. The lowest BCUT2D eigenvalue weighted by molar-refractivity contribution is -0.113. The van der Waals surface area contributed by atoms with E-state index in [0.717, 1.165) is 37.7 Å². The number of aryl methyl sites for hydroxylation is 1. The topological polar surface area (TPSA) is 95.3 Å². The van der Waals surface area contributed by atoms with Gasteiger partial charge in [-0.15, -0.1) is 21.5 Å². The van der Waals surface area contributed by atoms with Crippen molar-refractivity contribution in [3.8, 4) is 5.75 Å². The van der Waals surface area contributed by atoms with Crippen LogP contribution < -0.4 is 10.1 Å². The first-order valence-corrected chi connectivity index (χ1v) is 14.6. The smallest absolute Gasteiger partial charge is 0.341 e. The van der Waals surface area contributed by atoms with Gasteiger partial charge >= 0.3 is 5.97 Å².